The van der Waals surface area contributed by atoms with Crippen molar-refractivity contribution in [3.63, 3.8) is 0 Å². The van der Waals surface area contributed by atoms with Crippen molar-refractivity contribution in [2.45, 2.75) is 20.0 Å². The lowest BCUT2D eigenvalue weighted by molar-refractivity contribution is -0.137. The van der Waals surface area contributed by atoms with Crippen LogP contribution in [0.1, 0.15) is 11.9 Å². The first kappa shape index (κ1) is 14.5. The third kappa shape index (κ3) is 2.55. The second-order valence-electron chi connectivity index (χ2n) is 5.01. The topological polar surface area (TPSA) is 79.7 Å². The molecule has 0 spiro atoms. The Morgan fingerprint density at radius 2 is 2.27 bits per heavy atom. The second-order valence-corrected chi connectivity index (χ2v) is 6.07. The van der Waals surface area contributed by atoms with Gasteiger partial charge in [0.05, 0.1) is 16.4 Å². The lowest BCUT2D eigenvalue weighted by atomic mass is 10.1. The number of hydrogen-bond acceptors (Lipinski definition) is 5. The molecule has 1 atom stereocenters. The molecule has 0 fully saturated rings. The predicted molar refractivity (Wildman–Crippen MR) is 82.4 cm³/mol. The standard InChI is InChI=1S/C15H14N2O4S/c1-8-15(20)17(6-14(18)19)12-5-10(3-4-13(12)21-8)11-7-22-9(2)16-11/h3-5,7-8H,6H2,1-2H3,(H,18,19). The van der Waals surface area contributed by atoms with Crippen LogP contribution in [0.2, 0.25) is 0 Å². The highest BCUT2D eigenvalue weighted by atomic mass is 32.1. The van der Waals surface area contributed by atoms with Crippen molar-refractivity contribution in [1.29, 1.82) is 0 Å². The summed E-state index contributed by atoms with van der Waals surface area (Å²) in [7, 11) is 0. The molecule has 2 heterocycles. The third-order valence-corrected chi connectivity index (χ3v) is 4.15. The summed E-state index contributed by atoms with van der Waals surface area (Å²) in [4.78, 5) is 28.9. The van der Waals surface area contributed by atoms with Crippen LogP contribution < -0.4 is 9.64 Å². The second kappa shape index (κ2) is 5.42. The van der Waals surface area contributed by atoms with Crippen LogP contribution in [0.15, 0.2) is 23.6 Å². The molecule has 0 radical (unpaired) electrons. The Bertz CT molecular complexity index is 756. The van der Waals surface area contributed by atoms with Crippen LogP contribution in [0.5, 0.6) is 5.75 Å². The first-order valence-electron chi connectivity index (χ1n) is 6.72. The Labute approximate surface area is 131 Å². The summed E-state index contributed by atoms with van der Waals surface area (Å²) in [5, 5.41) is 11.9. The molecule has 114 valence electrons. The summed E-state index contributed by atoms with van der Waals surface area (Å²) < 4.78 is 5.55. The van der Waals surface area contributed by atoms with E-state index < -0.39 is 12.1 Å². The van der Waals surface area contributed by atoms with Gasteiger partial charge in [0.1, 0.15) is 12.3 Å². The van der Waals surface area contributed by atoms with Gasteiger partial charge in [-0.1, -0.05) is 0 Å². The zero-order chi connectivity index (χ0) is 15.9. The van der Waals surface area contributed by atoms with Gasteiger partial charge in [0.15, 0.2) is 6.10 Å². The number of thiazole rings is 1. The van der Waals surface area contributed by atoms with Crippen LogP contribution >= 0.6 is 11.3 Å². The van der Waals surface area contributed by atoms with Gasteiger partial charge in [-0.15, -0.1) is 11.3 Å². The minimum absolute atomic E-state index is 0.360. The lowest BCUT2D eigenvalue weighted by Crippen LogP contribution is -2.46. The number of carboxylic acid groups (broad SMARTS) is 1. The largest absolute Gasteiger partial charge is 0.480 e. The number of nitrogens with zero attached hydrogens (tertiary/aromatic N) is 2. The molecular weight excluding hydrogens is 304 g/mol. The molecule has 7 heteroatoms. The van der Waals surface area contributed by atoms with Crippen molar-refractivity contribution in [1.82, 2.24) is 4.98 Å². The van der Waals surface area contributed by atoms with E-state index >= 15 is 0 Å². The van der Waals surface area contributed by atoms with E-state index in [1.54, 1.807) is 19.1 Å². The minimum atomic E-state index is -1.07. The van der Waals surface area contributed by atoms with E-state index in [0.717, 1.165) is 16.3 Å². The summed E-state index contributed by atoms with van der Waals surface area (Å²) in [5.74, 6) is -0.922. The number of aryl methyl sites for hydroxylation is 1. The normalized spacial score (nSPS) is 17.1. The number of amides is 1. The number of aromatic nitrogens is 1. The Morgan fingerprint density at radius 3 is 2.91 bits per heavy atom. The van der Waals surface area contributed by atoms with Crippen LogP contribution in [-0.2, 0) is 9.59 Å². The molecule has 0 saturated heterocycles. The summed E-state index contributed by atoms with van der Waals surface area (Å²) in [6.07, 6.45) is -0.695. The maximum atomic E-state index is 12.2. The van der Waals surface area contributed by atoms with E-state index in [9.17, 15) is 9.59 Å². The number of rotatable bonds is 3. The Kier molecular flexibility index (Phi) is 3.58. The quantitative estimate of drug-likeness (QED) is 0.939. The van der Waals surface area contributed by atoms with Crippen molar-refractivity contribution >= 4 is 28.9 Å². The van der Waals surface area contributed by atoms with Crippen LogP contribution in [0, 0.1) is 6.92 Å². The summed E-state index contributed by atoms with van der Waals surface area (Å²) in [6.45, 7) is 3.13. The highest BCUT2D eigenvalue weighted by Crippen LogP contribution is 2.37. The van der Waals surface area contributed by atoms with Crippen molar-refractivity contribution in [3.8, 4) is 17.0 Å². The number of hydrogen-bond donors (Lipinski definition) is 1. The van der Waals surface area contributed by atoms with Crippen LogP contribution in [-0.4, -0.2) is 34.6 Å². The van der Waals surface area contributed by atoms with Gasteiger partial charge in [0.25, 0.3) is 5.91 Å². The number of carboxylic acids is 1. The van der Waals surface area contributed by atoms with Crippen molar-refractivity contribution in [2.24, 2.45) is 0 Å². The van der Waals surface area contributed by atoms with E-state index in [2.05, 4.69) is 4.98 Å². The van der Waals surface area contributed by atoms with E-state index in [4.69, 9.17) is 9.84 Å². The Hall–Kier alpha value is -2.41. The van der Waals surface area contributed by atoms with Crippen molar-refractivity contribution < 1.29 is 19.4 Å². The maximum Gasteiger partial charge on any atom is 0.323 e. The van der Waals surface area contributed by atoms with E-state index in [1.165, 1.54) is 16.2 Å². The average Bonchev–Trinajstić information content (AvgIpc) is 2.90. The molecule has 1 aliphatic rings. The molecule has 2 aromatic rings. The van der Waals surface area contributed by atoms with Gasteiger partial charge in [-0.25, -0.2) is 4.98 Å². The molecule has 1 aromatic carbocycles. The van der Waals surface area contributed by atoms with Crippen molar-refractivity contribution in [3.05, 3.63) is 28.6 Å². The number of carbonyl (C=O) groups excluding carboxylic acids is 1. The molecule has 22 heavy (non-hydrogen) atoms. The number of aliphatic carboxylic acids is 1. The van der Waals surface area contributed by atoms with E-state index in [-0.39, 0.29) is 12.5 Å². The van der Waals surface area contributed by atoms with E-state index in [1.807, 2.05) is 18.4 Å². The van der Waals surface area contributed by atoms with Gasteiger partial charge in [-0.3, -0.25) is 14.5 Å². The molecule has 0 aliphatic carbocycles. The number of carbonyl (C=O) groups is 2. The van der Waals surface area contributed by atoms with E-state index in [0.29, 0.717) is 11.4 Å². The fourth-order valence-electron chi connectivity index (χ4n) is 2.36. The minimum Gasteiger partial charge on any atom is -0.480 e. The van der Waals surface area contributed by atoms with Gasteiger partial charge in [-0.05, 0) is 32.0 Å². The van der Waals surface area contributed by atoms with Gasteiger partial charge < -0.3 is 9.84 Å². The molecule has 0 saturated carbocycles. The highest BCUT2D eigenvalue weighted by Gasteiger charge is 2.33. The van der Waals surface area contributed by atoms with Gasteiger partial charge in [-0.2, -0.15) is 0 Å². The number of benzene rings is 1. The lowest BCUT2D eigenvalue weighted by Gasteiger charge is -2.32. The predicted octanol–water partition coefficient (Wildman–Crippen LogP) is 2.32. The monoisotopic (exact) mass is 318 g/mol. The Balaban J connectivity index is 2.06. The summed E-state index contributed by atoms with van der Waals surface area (Å²) >= 11 is 1.53. The Morgan fingerprint density at radius 1 is 1.50 bits per heavy atom. The number of ether oxygens (including phenoxy) is 1. The molecule has 1 N–H and O–H groups in total. The first-order valence-corrected chi connectivity index (χ1v) is 7.60. The molecule has 1 unspecified atom stereocenters. The van der Waals surface area contributed by atoms with Crippen molar-refractivity contribution in [2.75, 3.05) is 11.4 Å². The molecule has 1 amide bonds. The SMILES string of the molecule is Cc1nc(-c2ccc3c(c2)N(CC(=O)O)C(=O)C(C)O3)cs1. The molecule has 6 nitrogen and oxygen atoms in total. The van der Waals surface area contributed by atoms with Gasteiger partial charge in [0, 0.05) is 10.9 Å². The van der Waals surface area contributed by atoms with Crippen LogP contribution in [0.25, 0.3) is 11.3 Å². The third-order valence-electron chi connectivity index (χ3n) is 3.38. The molecule has 3 rings (SSSR count). The molecular formula is C15H14N2O4S. The molecule has 1 aliphatic heterocycles. The summed E-state index contributed by atoms with van der Waals surface area (Å²) in [5.41, 5.74) is 2.09. The fraction of sp³-hybridized carbons (Fsp3) is 0.267. The number of fused-ring (bicyclic) bond motifs is 1. The van der Waals surface area contributed by atoms with Gasteiger partial charge in [0.2, 0.25) is 0 Å². The van der Waals surface area contributed by atoms with Gasteiger partial charge >= 0.3 is 5.97 Å². The molecule has 1 aromatic heterocycles. The van der Waals surface area contributed by atoms with Crippen LogP contribution in [0.3, 0.4) is 0 Å². The highest BCUT2D eigenvalue weighted by molar-refractivity contribution is 7.09. The molecule has 0 bridgehead atoms. The zero-order valence-corrected chi connectivity index (χ0v) is 12.9. The number of anilines is 1. The maximum absolute atomic E-state index is 12.2. The smallest absolute Gasteiger partial charge is 0.323 e. The first-order chi connectivity index (χ1) is 10.5. The average molecular weight is 318 g/mol. The zero-order valence-electron chi connectivity index (χ0n) is 12.1. The van der Waals surface area contributed by atoms with Crippen LogP contribution in [0.4, 0.5) is 5.69 Å². The summed E-state index contributed by atoms with van der Waals surface area (Å²) in [6, 6.07) is 5.35. The fourth-order valence-corrected chi connectivity index (χ4v) is 2.98.